The third-order valence-electron chi connectivity index (χ3n) is 5.35. The first-order valence-corrected chi connectivity index (χ1v) is 9.85. The third kappa shape index (κ3) is 3.69. The molecule has 150 valence electrons. The first-order chi connectivity index (χ1) is 14.8. The van der Waals surface area contributed by atoms with E-state index in [1.165, 1.54) is 6.33 Å². The Labute approximate surface area is 172 Å². The molecule has 1 aromatic carbocycles. The van der Waals surface area contributed by atoms with Crippen LogP contribution in [0.4, 0.5) is 11.5 Å². The van der Waals surface area contributed by atoms with Gasteiger partial charge in [0, 0.05) is 36.3 Å². The number of anilines is 2. The average molecular weight is 400 g/mol. The van der Waals surface area contributed by atoms with Crippen LogP contribution in [0.25, 0.3) is 16.7 Å². The summed E-state index contributed by atoms with van der Waals surface area (Å²) in [5.41, 5.74) is 1.72. The summed E-state index contributed by atoms with van der Waals surface area (Å²) < 4.78 is 1.57. The van der Waals surface area contributed by atoms with Crippen LogP contribution in [-0.4, -0.2) is 48.9 Å². The molecule has 0 spiro atoms. The maximum atomic E-state index is 12.7. The maximum Gasteiger partial charge on any atom is 0.227 e. The minimum Gasteiger partial charge on any atom is -0.355 e. The second kappa shape index (κ2) is 7.86. The number of nitrogens with one attached hydrogen (secondary N) is 1. The predicted molar refractivity (Wildman–Crippen MR) is 112 cm³/mol. The van der Waals surface area contributed by atoms with Crippen molar-refractivity contribution in [3.63, 3.8) is 0 Å². The van der Waals surface area contributed by atoms with Crippen LogP contribution >= 0.6 is 0 Å². The van der Waals surface area contributed by atoms with Crippen molar-refractivity contribution in [1.29, 1.82) is 0 Å². The van der Waals surface area contributed by atoms with Crippen molar-refractivity contribution in [3.05, 3.63) is 61.3 Å². The van der Waals surface area contributed by atoms with Crippen molar-refractivity contribution in [2.24, 2.45) is 5.92 Å². The summed E-state index contributed by atoms with van der Waals surface area (Å²) in [4.78, 5) is 23.1. The Morgan fingerprint density at radius 3 is 2.63 bits per heavy atom. The topological polar surface area (TPSA) is 102 Å². The minimum atomic E-state index is -0.0202. The lowest BCUT2D eigenvalue weighted by atomic mass is 9.95. The molecule has 1 aliphatic heterocycles. The molecule has 1 saturated heterocycles. The van der Waals surface area contributed by atoms with E-state index in [2.05, 4.69) is 35.5 Å². The molecule has 0 unspecified atom stereocenters. The summed E-state index contributed by atoms with van der Waals surface area (Å²) in [7, 11) is 0. The molecular weight excluding hydrogens is 380 g/mol. The molecule has 30 heavy (non-hydrogen) atoms. The van der Waals surface area contributed by atoms with E-state index in [1.807, 2.05) is 42.5 Å². The number of amides is 1. The molecule has 1 amide bonds. The number of piperidine rings is 1. The highest BCUT2D eigenvalue weighted by Gasteiger charge is 2.26. The van der Waals surface area contributed by atoms with Crippen molar-refractivity contribution in [2.45, 2.75) is 12.8 Å². The molecule has 9 heteroatoms. The lowest BCUT2D eigenvalue weighted by molar-refractivity contribution is -0.120. The number of benzene rings is 1. The van der Waals surface area contributed by atoms with Crippen LogP contribution in [-0.2, 0) is 4.79 Å². The fourth-order valence-corrected chi connectivity index (χ4v) is 3.70. The summed E-state index contributed by atoms with van der Waals surface area (Å²) in [5.74, 6) is 1.47. The van der Waals surface area contributed by atoms with Crippen LogP contribution in [0.1, 0.15) is 12.8 Å². The van der Waals surface area contributed by atoms with Crippen molar-refractivity contribution in [3.8, 4) is 5.82 Å². The number of carbonyl (C=O) groups is 1. The summed E-state index contributed by atoms with van der Waals surface area (Å²) in [6.07, 6.45) is 6.35. The van der Waals surface area contributed by atoms with E-state index in [-0.39, 0.29) is 11.8 Å². The van der Waals surface area contributed by atoms with Crippen molar-refractivity contribution in [1.82, 2.24) is 29.9 Å². The van der Waals surface area contributed by atoms with E-state index in [9.17, 15) is 4.79 Å². The van der Waals surface area contributed by atoms with E-state index >= 15 is 0 Å². The molecule has 0 aliphatic carbocycles. The molecule has 0 saturated carbocycles. The Morgan fingerprint density at radius 2 is 1.87 bits per heavy atom. The fraction of sp³-hybridized carbons (Fsp3) is 0.238. The Balaban J connectivity index is 1.19. The number of nitrogens with zero attached hydrogens (tertiary/aromatic N) is 7. The maximum absolute atomic E-state index is 12.7. The van der Waals surface area contributed by atoms with Gasteiger partial charge in [-0.2, -0.15) is 5.10 Å². The molecule has 9 nitrogen and oxygen atoms in total. The fourth-order valence-electron chi connectivity index (χ4n) is 3.70. The summed E-state index contributed by atoms with van der Waals surface area (Å²) in [5, 5.41) is 16.6. The summed E-state index contributed by atoms with van der Waals surface area (Å²) >= 11 is 0. The molecule has 4 aromatic rings. The van der Waals surface area contributed by atoms with Gasteiger partial charge >= 0.3 is 0 Å². The van der Waals surface area contributed by atoms with Gasteiger partial charge in [-0.3, -0.25) is 9.78 Å². The van der Waals surface area contributed by atoms with E-state index < -0.39 is 0 Å². The molecule has 1 aliphatic rings. The molecule has 0 radical (unpaired) electrons. The van der Waals surface area contributed by atoms with Gasteiger partial charge in [0.1, 0.15) is 12.7 Å². The molecule has 1 N–H and O–H groups in total. The number of aromatic nitrogens is 6. The number of rotatable bonds is 4. The Bertz CT molecular complexity index is 1150. The number of fused-ring (bicyclic) bond motifs is 1. The number of carbonyl (C=O) groups excluding carboxylic acids is 1. The van der Waals surface area contributed by atoms with Crippen LogP contribution < -0.4 is 10.2 Å². The molecular formula is C21H20N8O. The van der Waals surface area contributed by atoms with Gasteiger partial charge in [0.05, 0.1) is 5.52 Å². The number of pyridine rings is 1. The summed E-state index contributed by atoms with van der Waals surface area (Å²) in [6, 6.07) is 13.5. The second-order valence-corrected chi connectivity index (χ2v) is 7.25. The molecule has 5 rings (SSSR count). The monoisotopic (exact) mass is 400 g/mol. The van der Waals surface area contributed by atoms with Gasteiger partial charge < -0.3 is 10.2 Å². The second-order valence-electron chi connectivity index (χ2n) is 7.25. The van der Waals surface area contributed by atoms with E-state index in [1.54, 1.807) is 17.2 Å². The van der Waals surface area contributed by atoms with E-state index in [0.717, 1.165) is 48.3 Å². The third-order valence-corrected chi connectivity index (χ3v) is 5.35. The van der Waals surface area contributed by atoms with Crippen LogP contribution in [0.15, 0.2) is 61.3 Å². The number of hydrogen-bond donors (Lipinski definition) is 1. The highest BCUT2D eigenvalue weighted by Crippen LogP contribution is 2.24. The normalized spacial score (nSPS) is 14.7. The van der Waals surface area contributed by atoms with E-state index in [4.69, 9.17) is 0 Å². The average Bonchev–Trinajstić information content (AvgIpc) is 3.34. The van der Waals surface area contributed by atoms with Crippen molar-refractivity contribution in [2.75, 3.05) is 23.3 Å². The van der Waals surface area contributed by atoms with Gasteiger partial charge in [-0.1, -0.05) is 6.07 Å². The van der Waals surface area contributed by atoms with Gasteiger partial charge in [-0.15, -0.1) is 10.2 Å². The van der Waals surface area contributed by atoms with Gasteiger partial charge in [-0.25, -0.2) is 9.67 Å². The van der Waals surface area contributed by atoms with Crippen LogP contribution in [0, 0.1) is 5.92 Å². The van der Waals surface area contributed by atoms with Gasteiger partial charge in [0.2, 0.25) is 5.91 Å². The zero-order valence-electron chi connectivity index (χ0n) is 16.2. The van der Waals surface area contributed by atoms with E-state index in [0.29, 0.717) is 5.82 Å². The summed E-state index contributed by atoms with van der Waals surface area (Å²) in [6.45, 7) is 1.52. The number of hydrogen-bond acceptors (Lipinski definition) is 7. The molecule has 0 atom stereocenters. The first kappa shape index (κ1) is 18.2. The SMILES string of the molecule is O=C(Nc1ccc2ncccc2c1)C1CCN(c2ccc(-n3cncn3)nn2)CC1. The predicted octanol–water partition coefficient (Wildman–Crippen LogP) is 2.46. The standard InChI is InChI=1S/C21H20N8O/c30-21(25-17-3-4-18-16(12-17)2-1-9-23-18)15-7-10-28(11-8-15)19-5-6-20(27-26-19)29-14-22-13-24-29/h1-6,9,12-15H,7-8,10-11H2,(H,25,30). The molecule has 0 bridgehead atoms. The molecule has 4 heterocycles. The van der Waals surface area contributed by atoms with Crippen molar-refractivity contribution < 1.29 is 4.79 Å². The Kier molecular flexibility index (Phi) is 4.76. The van der Waals surface area contributed by atoms with Crippen LogP contribution in [0.5, 0.6) is 0 Å². The zero-order valence-corrected chi connectivity index (χ0v) is 16.2. The minimum absolute atomic E-state index is 0.0202. The molecule has 1 fully saturated rings. The van der Waals surface area contributed by atoms with Crippen molar-refractivity contribution >= 4 is 28.3 Å². The Morgan fingerprint density at radius 1 is 1.03 bits per heavy atom. The highest BCUT2D eigenvalue weighted by atomic mass is 16.1. The van der Waals surface area contributed by atoms with Gasteiger partial charge in [0.25, 0.3) is 0 Å². The van der Waals surface area contributed by atoms with Crippen LogP contribution in [0.2, 0.25) is 0 Å². The smallest absolute Gasteiger partial charge is 0.227 e. The first-order valence-electron chi connectivity index (χ1n) is 9.85. The van der Waals surface area contributed by atoms with Gasteiger partial charge in [0.15, 0.2) is 11.6 Å². The lowest BCUT2D eigenvalue weighted by Crippen LogP contribution is -2.38. The lowest BCUT2D eigenvalue weighted by Gasteiger charge is -2.31. The van der Waals surface area contributed by atoms with Crippen LogP contribution in [0.3, 0.4) is 0 Å². The van der Waals surface area contributed by atoms with Gasteiger partial charge in [-0.05, 0) is 49.2 Å². The highest BCUT2D eigenvalue weighted by molar-refractivity contribution is 5.95. The quantitative estimate of drug-likeness (QED) is 0.561. The Hall–Kier alpha value is -3.88. The molecule has 3 aromatic heterocycles. The largest absolute Gasteiger partial charge is 0.355 e. The zero-order chi connectivity index (χ0) is 20.3.